The van der Waals surface area contributed by atoms with Gasteiger partial charge in [-0.2, -0.15) is 4.31 Å². The predicted octanol–water partition coefficient (Wildman–Crippen LogP) is 2.10. The molecule has 0 unspecified atom stereocenters. The fourth-order valence-electron chi connectivity index (χ4n) is 2.45. The van der Waals surface area contributed by atoms with Gasteiger partial charge in [0.1, 0.15) is 0 Å². The van der Waals surface area contributed by atoms with Crippen LogP contribution < -0.4 is 0 Å². The third-order valence-electron chi connectivity index (χ3n) is 3.35. The molecule has 0 spiro atoms. The molecule has 0 saturated carbocycles. The summed E-state index contributed by atoms with van der Waals surface area (Å²) in [6, 6.07) is 5.53. The predicted molar refractivity (Wildman–Crippen MR) is 74.7 cm³/mol. The fourth-order valence-corrected chi connectivity index (χ4v) is 4.35. The van der Waals surface area contributed by atoms with Crippen LogP contribution in [0.3, 0.4) is 0 Å². The molecule has 1 aliphatic heterocycles. The number of aryl methyl sites for hydroxylation is 2. The van der Waals surface area contributed by atoms with Gasteiger partial charge in [0, 0.05) is 13.1 Å². The average molecular weight is 283 g/mol. The molecule has 0 aromatic heterocycles. The van der Waals surface area contributed by atoms with E-state index in [1.165, 1.54) is 4.31 Å². The number of ether oxygens (including phenoxy) is 1. The molecule has 1 heterocycles. The van der Waals surface area contributed by atoms with Crippen LogP contribution in [0.4, 0.5) is 0 Å². The van der Waals surface area contributed by atoms with Gasteiger partial charge in [-0.1, -0.05) is 12.1 Å². The Labute approximate surface area is 115 Å². The van der Waals surface area contributed by atoms with Gasteiger partial charge in [-0.25, -0.2) is 8.42 Å². The number of rotatable bonds is 2. The Hall–Kier alpha value is -0.910. The summed E-state index contributed by atoms with van der Waals surface area (Å²) in [4.78, 5) is 0.411. The molecule has 2 rings (SSSR count). The first-order valence-corrected chi connectivity index (χ1v) is 7.97. The van der Waals surface area contributed by atoms with Gasteiger partial charge in [-0.05, 0) is 44.9 Å². The second kappa shape index (κ2) is 5.23. The van der Waals surface area contributed by atoms with Gasteiger partial charge in [0.15, 0.2) is 0 Å². The molecule has 1 saturated heterocycles. The largest absolute Gasteiger partial charge is 0.373 e. The quantitative estimate of drug-likeness (QED) is 0.835. The Morgan fingerprint density at radius 3 is 2.32 bits per heavy atom. The van der Waals surface area contributed by atoms with Crippen LogP contribution in [0, 0.1) is 13.8 Å². The maximum Gasteiger partial charge on any atom is 0.243 e. The van der Waals surface area contributed by atoms with E-state index in [1.807, 2.05) is 39.8 Å². The average Bonchev–Trinajstić information content (AvgIpc) is 2.31. The van der Waals surface area contributed by atoms with Gasteiger partial charge in [-0.3, -0.25) is 0 Å². The lowest BCUT2D eigenvalue weighted by molar-refractivity contribution is -0.0440. The van der Waals surface area contributed by atoms with Crippen molar-refractivity contribution in [2.75, 3.05) is 13.1 Å². The van der Waals surface area contributed by atoms with E-state index in [0.29, 0.717) is 18.0 Å². The number of nitrogens with zero attached hydrogens (tertiary/aromatic N) is 1. The van der Waals surface area contributed by atoms with Crippen molar-refractivity contribution in [2.24, 2.45) is 0 Å². The van der Waals surface area contributed by atoms with Crippen LogP contribution in [0.1, 0.15) is 25.0 Å². The van der Waals surface area contributed by atoms with Gasteiger partial charge < -0.3 is 4.74 Å². The Bertz CT molecular complexity index is 558. The van der Waals surface area contributed by atoms with Crippen LogP contribution in [0.5, 0.6) is 0 Å². The number of morpholine rings is 1. The molecule has 19 heavy (non-hydrogen) atoms. The van der Waals surface area contributed by atoms with Gasteiger partial charge in [0.25, 0.3) is 0 Å². The standard InChI is InChI=1S/C14H21NO3S/c1-10-5-6-11(2)14(7-10)19(16,17)15-8-12(3)18-13(4)9-15/h5-7,12-13H,8-9H2,1-4H3/t12-,13-/m0/s1. The maximum atomic E-state index is 12.7. The molecule has 0 N–H and O–H groups in total. The van der Waals surface area contributed by atoms with E-state index in [0.717, 1.165) is 11.1 Å². The number of hydrogen-bond acceptors (Lipinski definition) is 3. The molecule has 0 aliphatic carbocycles. The number of benzene rings is 1. The van der Waals surface area contributed by atoms with Crippen molar-refractivity contribution < 1.29 is 13.2 Å². The molecule has 5 heteroatoms. The zero-order chi connectivity index (χ0) is 14.2. The lowest BCUT2D eigenvalue weighted by atomic mass is 10.2. The second-order valence-electron chi connectivity index (χ2n) is 5.35. The first-order chi connectivity index (χ1) is 8.80. The van der Waals surface area contributed by atoms with Gasteiger partial charge in [0.05, 0.1) is 17.1 Å². The summed E-state index contributed by atoms with van der Waals surface area (Å²) < 4.78 is 32.6. The minimum Gasteiger partial charge on any atom is -0.373 e. The van der Waals surface area contributed by atoms with Gasteiger partial charge >= 0.3 is 0 Å². The Morgan fingerprint density at radius 1 is 1.16 bits per heavy atom. The van der Waals surface area contributed by atoms with Crippen LogP contribution in [-0.2, 0) is 14.8 Å². The summed E-state index contributed by atoms with van der Waals surface area (Å²) in [6.45, 7) is 8.38. The SMILES string of the molecule is Cc1ccc(C)c(S(=O)(=O)N2C[C@H](C)O[C@@H](C)C2)c1. The highest BCUT2D eigenvalue weighted by Gasteiger charge is 2.32. The van der Waals surface area contributed by atoms with Crippen LogP contribution in [-0.4, -0.2) is 38.0 Å². The van der Waals surface area contributed by atoms with Crippen molar-refractivity contribution in [2.45, 2.75) is 44.8 Å². The van der Waals surface area contributed by atoms with Crippen molar-refractivity contribution in [3.05, 3.63) is 29.3 Å². The minimum atomic E-state index is -3.43. The van der Waals surface area contributed by atoms with E-state index < -0.39 is 10.0 Å². The van der Waals surface area contributed by atoms with E-state index in [9.17, 15) is 8.42 Å². The van der Waals surface area contributed by atoms with E-state index in [1.54, 1.807) is 6.07 Å². The molecule has 0 bridgehead atoms. The van der Waals surface area contributed by atoms with Gasteiger partial charge in [0.2, 0.25) is 10.0 Å². The summed E-state index contributed by atoms with van der Waals surface area (Å²) >= 11 is 0. The zero-order valence-electron chi connectivity index (χ0n) is 11.9. The Balaban J connectivity index is 2.39. The summed E-state index contributed by atoms with van der Waals surface area (Å²) in [5.41, 5.74) is 1.75. The van der Waals surface area contributed by atoms with Crippen molar-refractivity contribution in [1.82, 2.24) is 4.31 Å². The van der Waals surface area contributed by atoms with E-state index in [-0.39, 0.29) is 12.2 Å². The minimum absolute atomic E-state index is 0.0661. The molecule has 106 valence electrons. The van der Waals surface area contributed by atoms with Crippen molar-refractivity contribution in [3.63, 3.8) is 0 Å². The van der Waals surface area contributed by atoms with E-state index >= 15 is 0 Å². The molecular formula is C14H21NO3S. The molecule has 1 aromatic rings. The molecule has 4 nitrogen and oxygen atoms in total. The van der Waals surface area contributed by atoms with E-state index in [2.05, 4.69) is 0 Å². The first kappa shape index (κ1) is 14.5. The Kier molecular flexibility index (Phi) is 3.99. The molecule has 1 aliphatic rings. The normalized spacial score (nSPS) is 25.5. The second-order valence-corrected chi connectivity index (χ2v) is 7.25. The number of sulfonamides is 1. The maximum absolute atomic E-state index is 12.7. The summed E-state index contributed by atoms with van der Waals surface area (Å²) in [7, 11) is -3.43. The third kappa shape index (κ3) is 2.99. The highest BCUT2D eigenvalue weighted by atomic mass is 32.2. The molecule has 2 atom stereocenters. The van der Waals surface area contributed by atoms with E-state index in [4.69, 9.17) is 4.74 Å². The topological polar surface area (TPSA) is 46.6 Å². The fraction of sp³-hybridized carbons (Fsp3) is 0.571. The van der Waals surface area contributed by atoms with Crippen LogP contribution in [0.25, 0.3) is 0 Å². The highest BCUT2D eigenvalue weighted by molar-refractivity contribution is 7.89. The smallest absolute Gasteiger partial charge is 0.243 e. The van der Waals surface area contributed by atoms with Crippen molar-refractivity contribution >= 4 is 10.0 Å². The van der Waals surface area contributed by atoms with Crippen molar-refractivity contribution in [3.8, 4) is 0 Å². The lowest BCUT2D eigenvalue weighted by Crippen LogP contribution is -2.48. The first-order valence-electron chi connectivity index (χ1n) is 6.53. The molecule has 1 aromatic carbocycles. The zero-order valence-corrected chi connectivity index (χ0v) is 12.7. The third-order valence-corrected chi connectivity index (χ3v) is 5.32. The molecule has 1 fully saturated rings. The van der Waals surface area contributed by atoms with Gasteiger partial charge in [-0.15, -0.1) is 0 Å². The molecule has 0 amide bonds. The Morgan fingerprint density at radius 2 is 1.74 bits per heavy atom. The highest BCUT2D eigenvalue weighted by Crippen LogP contribution is 2.24. The lowest BCUT2D eigenvalue weighted by Gasteiger charge is -2.34. The van der Waals surface area contributed by atoms with Crippen molar-refractivity contribution in [1.29, 1.82) is 0 Å². The monoisotopic (exact) mass is 283 g/mol. The van der Waals surface area contributed by atoms with Crippen LogP contribution in [0.15, 0.2) is 23.1 Å². The molecule has 0 radical (unpaired) electrons. The molecular weight excluding hydrogens is 262 g/mol. The van der Waals surface area contributed by atoms with Crippen LogP contribution in [0.2, 0.25) is 0 Å². The number of hydrogen-bond donors (Lipinski definition) is 0. The summed E-state index contributed by atoms with van der Waals surface area (Å²) in [5, 5.41) is 0. The summed E-state index contributed by atoms with van der Waals surface area (Å²) in [5.74, 6) is 0. The van der Waals surface area contributed by atoms with Crippen LogP contribution >= 0.6 is 0 Å². The summed E-state index contributed by atoms with van der Waals surface area (Å²) in [6.07, 6.45) is -0.132.